The van der Waals surface area contributed by atoms with Crippen molar-refractivity contribution in [1.82, 2.24) is 0 Å². The van der Waals surface area contributed by atoms with Gasteiger partial charge in [0, 0.05) is 20.9 Å². The van der Waals surface area contributed by atoms with E-state index in [-0.39, 0.29) is 5.75 Å². The van der Waals surface area contributed by atoms with Crippen LogP contribution in [0.5, 0.6) is 5.75 Å². The zero-order valence-corrected chi connectivity index (χ0v) is 11.6. The first-order valence-corrected chi connectivity index (χ1v) is 6.64. The Morgan fingerprint density at radius 2 is 2.00 bits per heavy atom. The average Bonchev–Trinajstić information content (AvgIpc) is 2.43. The number of phenolic OH excluding ortho intramolecular Hbond substituents is 1. The molecule has 2 aromatic rings. The highest BCUT2D eigenvalue weighted by Gasteiger charge is 2.08. The van der Waals surface area contributed by atoms with Crippen LogP contribution in [0.2, 0.25) is 0 Å². The normalized spacial score (nSPS) is 10.3. The van der Waals surface area contributed by atoms with E-state index in [1.54, 1.807) is 37.3 Å². The van der Waals surface area contributed by atoms with Gasteiger partial charge in [0.15, 0.2) is 0 Å². The Balaban J connectivity index is 2.32. The topological polar surface area (TPSA) is 95.6 Å². The highest BCUT2D eigenvalue weighted by atomic mass is 32.2. The molecule has 0 saturated carbocycles. The summed E-state index contributed by atoms with van der Waals surface area (Å²) in [5, 5.41) is 18.8. The average molecular weight is 290 g/mol. The molecule has 0 aromatic heterocycles. The van der Waals surface area contributed by atoms with E-state index in [1.165, 1.54) is 11.8 Å². The molecule has 2 rings (SSSR count). The van der Waals surface area contributed by atoms with Crippen LogP contribution < -0.4 is 11.2 Å². The fourth-order valence-corrected chi connectivity index (χ4v) is 2.65. The fraction of sp³-hybridized carbons (Fsp3) is 0.0714. The van der Waals surface area contributed by atoms with Gasteiger partial charge in [-0.2, -0.15) is 0 Å². The third-order valence-electron chi connectivity index (χ3n) is 2.83. The molecule has 5 nitrogen and oxygen atoms in total. The van der Waals surface area contributed by atoms with E-state index in [0.29, 0.717) is 16.8 Å². The van der Waals surface area contributed by atoms with Crippen molar-refractivity contribution in [1.29, 1.82) is 0 Å². The van der Waals surface area contributed by atoms with Gasteiger partial charge in [-0.3, -0.25) is 15.5 Å². The lowest BCUT2D eigenvalue weighted by Crippen LogP contribution is -2.10. The number of benzene rings is 2. The zero-order chi connectivity index (χ0) is 14.7. The number of nitrogens with one attached hydrogen (secondary N) is 1. The second-order valence-corrected chi connectivity index (χ2v) is 5.37. The molecule has 20 heavy (non-hydrogen) atoms. The van der Waals surface area contributed by atoms with Gasteiger partial charge in [0.05, 0.1) is 5.69 Å². The monoisotopic (exact) mass is 290 g/mol. The van der Waals surface area contributed by atoms with Crippen LogP contribution in [0.4, 0.5) is 5.69 Å². The van der Waals surface area contributed by atoms with E-state index in [1.807, 2.05) is 11.5 Å². The molecular weight excluding hydrogens is 276 g/mol. The molecule has 0 radical (unpaired) electrons. The Hall–Kier alpha value is -2.18. The summed E-state index contributed by atoms with van der Waals surface area (Å²) < 4.78 is 0. The number of hydrogen-bond acceptors (Lipinski definition) is 5. The third kappa shape index (κ3) is 3.04. The molecule has 0 bridgehead atoms. The Labute approximate surface area is 120 Å². The first-order valence-electron chi connectivity index (χ1n) is 5.82. The van der Waals surface area contributed by atoms with Gasteiger partial charge < -0.3 is 10.8 Å². The summed E-state index contributed by atoms with van der Waals surface area (Å²) in [6.45, 7) is 1.69. The van der Waals surface area contributed by atoms with Crippen LogP contribution >= 0.6 is 11.8 Å². The smallest absolute Gasteiger partial charge is 0.248 e. The number of amides is 1. The summed E-state index contributed by atoms with van der Waals surface area (Å²) in [5.41, 5.74) is 8.69. The molecule has 0 saturated heterocycles. The Kier molecular flexibility index (Phi) is 4.16. The summed E-state index contributed by atoms with van der Waals surface area (Å²) in [6, 6.07) is 10.2. The number of phenols is 1. The first-order chi connectivity index (χ1) is 9.51. The van der Waals surface area contributed by atoms with Crippen molar-refractivity contribution in [3.63, 3.8) is 0 Å². The summed E-state index contributed by atoms with van der Waals surface area (Å²) in [6.07, 6.45) is 0. The predicted molar refractivity (Wildman–Crippen MR) is 77.3 cm³/mol. The molecule has 0 spiro atoms. The van der Waals surface area contributed by atoms with Gasteiger partial charge in [0.2, 0.25) is 5.91 Å². The molecule has 5 N–H and O–H groups in total. The van der Waals surface area contributed by atoms with E-state index < -0.39 is 5.91 Å². The van der Waals surface area contributed by atoms with Crippen molar-refractivity contribution in [2.24, 2.45) is 5.73 Å². The number of nitrogens with two attached hydrogens (primary N) is 1. The molecule has 0 aliphatic carbocycles. The highest BCUT2D eigenvalue weighted by Crippen LogP contribution is 2.35. The van der Waals surface area contributed by atoms with Gasteiger partial charge in [-0.1, -0.05) is 17.8 Å². The zero-order valence-electron chi connectivity index (χ0n) is 10.8. The lowest BCUT2D eigenvalue weighted by atomic mass is 10.2. The van der Waals surface area contributed by atoms with E-state index in [9.17, 15) is 9.90 Å². The van der Waals surface area contributed by atoms with E-state index in [2.05, 4.69) is 0 Å². The second-order valence-electron chi connectivity index (χ2n) is 4.22. The Bertz CT molecular complexity index is 659. The number of hydrogen-bond donors (Lipinski definition) is 4. The quantitative estimate of drug-likeness (QED) is 0.649. The minimum atomic E-state index is -0.489. The molecule has 1 amide bonds. The molecule has 6 heteroatoms. The van der Waals surface area contributed by atoms with Gasteiger partial charge in [0.1, 0.15) is 5.75 Å². The second kappa shape index (κ2) is 5.85. The molecule has 0 unspecified atom stereocenters. The highest BCUT2D eigenvalue weighted by molar-refractivity contribution is 7.99. The number of carbonyl (C=O) groups excluding carboxylic acids is 1. The van der Waals surface area contributed by atoms with Crippen LogP contribution in [-0.4, -0.2) is 16.2 Å². The first kappa shape index (κ1) is 14.2. The standard InChI is InChI=1S/C14H14N2O3S/c1-8-12(16-19)6-11(7-13(8)17)20-10-4-2-3-9(5-10)14(15)18/h2-7,16-17,19H,1H3,(H2,15,18). The molecule has 0 aliphatic rings. The van der Waals surface area contributed by atoms with Crippen molar-refractivity contribution in [2.45, 2.75) is 16.7 Å². The number of carbonyl (C=O) groups is 1. The van der Waals surface area contributed by atoms with Gasteiger partial charge >= 0.3 is 0 Å². The van der Waals surface area contributed by atoms with Crippen molar-refractivity contribution in [2.75, 3.05) is 5.48 Å². The maximum absolute atomic E-state index is 11.1. The van der Waals surface area contributed by atoms with Crippen molar-refractivity contribution >= 4 is 23.4 Å². The van der Waals surface area contributed by atoms with Crippen molar-refractivity contribution in [3.05, 3.63) is 47.5 Å². The molecule has 0 aliphatic heterocycles. The summed E-state index contributed by atoms with van der Waals surface area (Å²) in [5.74, 6) is -0.408. The third-order valence-corrected chi connectivity index (χ3v) is 3.79. The van der Waals surface area contributed by atoms with Crippen LogP contribution in [0.1, 0.15) is 15.9 Å². The van der Waals surface area contributed by atoms with Crippen LogP contribution in [0.25, 0.3) is 0 Å². The van der Waals surface area contributed by atoms with Gasteiger partial charge in [-0.05, 0) is 37.3 Å². The number of anilines is 1. The summed E-state index contributed by atoms with van der Waals surface area (Å²) in [4.78, 5) is 12.7. The molecule has 0 fully saturated rings. The Morgan fingerprint density at radius 1 is 1.25 bits per heavy atom. The molecule has 2 aromatic carbocycles. The van der Waals surface area contributed by atoms with Crippen LogP contribution in [0.15, 0.2) is 46.2 Å². The van der Waals surface area contributed by atoms with Gasteiger partial charge in [-0.15, -0.1) is 0 Å². The summed E-state index contributed by atoms with van der Waals surface area (Å²) in [7, 11) is 0. The molecule has 0 atom stereocenters. The van der Waals surface area contributed by atoms with Crippen LogP contribution in [0, 0.1) is 6.92 Å². The number of aromatic hydroxyl groups is 1. The maximum Gasteiger partial charge on any atom is 0.248 e. The van der Waals surface area contributed by atoms with E-state index in [0.717, 1.165) is 9.79 Å². The van der Waals surface area contributed by atoms with Crippen molar-refractivity contribution in [3.8, 4) is 5.75 Å². The van der Waals surface area contributed by atoms with Crippen molar-refractivity contribution < 1.29 is 15.1 Å². The van der Waals surface area contributed by atoms with E-state index in [4.69, 9.17) is 10.9 Å². The van der Waals surface area contributed by atoms with Gasteiger partial charge in [0.25, 0.3) is 0 Å². The van der Waals surface area contributed by atoms with Crippen LogP contribution in [0.3, 0.4) is 0 Å². The maximum atomic E-state index is 11.1. The largest absolute Gasteiger partial charge is 0.508 e. The fourth-order valence-electron chi connectivity index (χ4n) is 1.70. The molecule has 0 heterocycles. The molecular formula is C14H14N2O3S. The van der Waals surface area contributed by atoms with E-state index >= 15 is 0 Å². The molecule has 104 valence electrons. The summed E-state index contributed by atoms with van der Waals surface area (Å²) >= 11 is 1.35. The van der Waals surface area contributed by atoms with Crippen LogP contribution in [-0.2, 0) is 0 Å². The van der Waals surface area contributed by atoms with Gasteiger partial charge in [-0.25, -0.2) is 0 Å². The number of rotatable bonds is 4. The SMILES string of the molecule is Cc1c(O)cc(Sc2cccc(C(N)=O)c2)cc1NO. The lowest BCUT2D eigenvalue weighted by molar-refractivity contribution is 0.1000. The number of primary amides is 1. The minimum Gasteiger partial charge on any atom is -0.508 e. The Morgan fingerprint density at radius 3 is 2.65 bits per heavy atom. The lowest BCUT2D eigenvalue weighted by Gasteiger charge is -2.10. The minimum absolute atomic E-state index is 0.0811. The predicted octanol–water partition coefficient (Wildman–Crippen LogP) is 2.75.